The first-order valence-electron chi connectivity index (χ1n) is 10.6. The van der Waals surface area contributed by atoms with Crippen LogP contribution in [0.2, 0.25) is 0 Å². The highest BCUT2D eigenvalue weighted by Crippen LogP contribution is 2.06. The van der Waals surface area contributed by atoms with Crippen LogP contribution in [0.15, 0.2) is 0 Å². The minimum Gasteiger partial charge on any atom is -0.481 e. The molecule has 0 aromatic carbocycles. The normalized spacial score (nSPS) is 10.5. The van der Waals surface area contributed by atoms with Gasteiger partial charge in [-0.15, -0.1) is 0 Å². The molecule has 0 radical (unpaired) electrons. The molecule has 0 bridgehead atoms. The Morgan fingerprint density at radius 3 is 1.38 bits per heavy atom. The number of rotatable bonds is 16. The first-order chi connectivity index (χ1) is 11.6. The van der Waals surface area contributed by atoms with E-state index < -0.39 is 5.97 Å². The van der Waals surface area contributed by atoms with Crippen molar-refractivity contribution in [3.8, 4) is 0 Å². The summed E-state index contributed by atoms with van der Waals surface area (Å²) in [7, 11) is 0. The third-order valence-electron chi connectivity index (χ3n) is 4.23. The minimum atomic E-state index is -0.666. The van der Waals surface area contributed by atoms with Crippen LogP contribution < -0.4 is 0 Å². The van der Waals surface area contributed by atoms with E-state index in [0.29, 0.717) is 6.42 Å². The van der Waals surface area contributed by atoms with Crippen LogP contribution in [0.25, 0.3) is 0 Å². The number of hydrogen-bond acceptors (Lipinski definition) is 2. The summed E-state index contributed by atoms with van der Waals surface area (Å²) in [4.78, 5) is 12.7. The Kier molecular flexibility index (Phi) is 24.0. The zero-order chi connectivity index (χ0) is 18.5. The number of carboxylic acid groups (broad SMARTS) is 1. The van der Waals surface area contributed by atoms with Crippen molar-refractivity contribution in [2.75, 3.05) is 19.6 Å². The summed E-state index contributed by atoms with van der Waals surface area (Å²) in [5, 5.41) is 8.32. The van der Waals surface area contributed by atoms with Gasteiger partial charge in [0, 0.05) is 6.42 Å². The van der Waals surface area contributed by atoms with E-state index in [4.69, 9.17) is 5.11 Å². The predicted molar refractivity (Wildman–Crippen MR) is 107 cm³/mol. The van der Waals surface area contributed by atoms with Crippen LogP contribution in [0, 0.1) is 0 Å². The monoisotopic (exact) mass is 343 g/mol. The molecule has 0 spiro atoms. The zero-order valence-electron chi connectivity index (χ0n) is 17.1. The lowest BCUT2D eigenvalue weighted by molar-refractivity contribution is -0.137. The molecular weight excluding hydrogens is 298 g/mol. The molecule has 3 heteroatoms. The Balaban J connectivity index is 0. The smallest absolute Gasteiger partial charge is 0.303 e. The molecule has 0 heterocycles. The number of aliphatic carboxylic acids is 1. The van der Waals surface area contributed by atoms with Gasteiger partial charge < -0.3 is 10.0 Å². The van der Waals surface area contributed by atoms with Crippen molar-refractivity contribution in [2.24, 2.45) is 0 Å². The molecule has 0 atom stereocenters. The van der Waals surface area contributed by atoms with Crippen LogP contribution in [0.5, 0.6) is 0 Å². The van der Waals surface area contributed by atoms with Gasteiger partial charge in [0.2, 0.25) is 0 Å². The van der Waals surface area contributed by atoms with Crippen LogP contribution in [0.1, 0.15) is 111 Å². The van der Waals surface area contributed by atoms with Crippen LogP contribution in [-0.2, 0) is 4.79 Å². The highest BCUT2D eigenvalue weighted by molar-refractivity contribution is 5.66. The molecule has 0 saturated carbocycles. The fourth-order valence-electron chi connectivity index (χ4n) is 2.54. The second kappa shape index (κ2) is 22.4. The van der Waals surface area contributed by atoms with E-state index >= 15 is 0 Å². The van der Waals surface area contributed by atoms with Gasteiger partial charge in [0.1, 0.15) is 0 Å². The molecule has 0 aliphatic rings. The van der Waals surface area contributed by atoms with Gasteiger partial charge in [-0.3, -0.25) is 4.79 Å². The fourth-order valence-corrected chi connectivity index (χ4v) is 2.54. The van der Waals surface area contributed by atoms with Gasteiger partial charge in [-0.2, -0.15) is 0 Å². The summed E-state index contributed by atoms with van der Waals surface area (Å²) < 4.78 is 0. The van der Waals surface area contributed by atoms with Crippen molar-refractivity contribution in [1.82, 2.24) is 4.90 Å². The van der Waals surface area contributed by atoms with Gasteiger partial charge in [-0.1, -0.05) is 79.1 Å². The van der Waals surface area contributed by atoms with E-state index in [-0.39, 0.29) is 0 Å². The zero-order valence-corrected chi connectivity index (χ0v) is 17.1. The molecule has 24 heavy (non-hydrogen) atoms. The third kappa shape index (κ3) is 23.7. The summed E-state index contributed by atoms with van der Waals surface area (Å²) >= 11 is 0. The lowest BCUT2D eigenvalue weighted by atomic mass is 10.1. The van der Waals surface area contributed by atoms with Crippen molar-refractivity contribution < 1.29 is 9.90 Å². The molecule has 0 aliphatic heterocycles. The lowest BCUT2D eigenvalue weighted by Gasteiger charge is -2.21. The quantitative estimate of drug-likeness (QED) is 0.325. The number of nitrogens with zero attached hydrogens (tertiary/aromatic N) is 1. The maximum Gasteiger partial charge on any atom is 0.303 e. The van der Waals surface area contributed by atoms with Gasteiger partial charge in [-0.05, 0) is 45.3 Å². The second-order valence-corrected chi connectivity index (χ2v) is 6.81. The highest BCUT2D eigenvalue weighted by atomic mass is 16.4. The van der Waals surface area contributed by atoms with Gasteiger partial charge in [0.25, 0.3) is 0 Å². The molecule has 1 N–H and O–H groups in total. The van der Waals surface area contributed by atoms with Crippen molar-refractivity contribution in [3.63, 3.8) is 0 Å². The van der Waals surface area contributed by atoms with E-state index in [0.717, 1.165) is 12.8 Å². The molecule has 0 aliphatic carbocycles. The van der Waals surface area contributed by atoms with Crippen LogP contribution in [-0.4, -0.2) is 35.6 Å². The van der Waals surface area contributed by atoms with Crippen LogP contribution >= 0.6 is 0 Å². The van der Waals surface area contributed by atoms with Crippen LogP contribution in [0.3, 0.4) is 0 Å². The van der Waals surface area contributed by atoms with E-state index in [1.165, 1.54) is 83.8 Å². The van der Waals surface area contributed by atoms with Crippen molar-refractivity contribution in [3.05, 3.63) is 0 Å². The molecular formula is C21H45NO2. The number of hydrogen-bond donors (Lipinski definition) is 1. The van der Waals surface area contributed by atoms with Crippen molar-refractivity contribution in [2.45, 2.75) is 111 Å². The van der Waals surface area contributed by atoms with E-state index in [2.05, 4.69) is 32.6 Å². The molecule has 0 aromatic rings. The largest absolute Gasteiger partial charge is 0.481 e. The van der Waals surface area contributed by atoms with Crippen LogP contribution in [0.4, 0.5) is 0 Å². The van der Waals surface area contributed by atoms with E-state index in [9.17, 15) is 4.79 Å². The number of carboxylic acids is 1. The number of unbranched alkanes of at least 4 members (excludes halogenated alkanes) is 8. The average molecular weight is 344 g/mol. The van der Waals surface area contributed by atoms with Gasteiger partial charge >= 0.3 is 5.97 Å². The summed E-state index contributed by atoms with van der Waals surface area (Å²) in [5.41, 5.74) is 0. The van der Waals surface area contributed by atoms with Gasteiger partial charge in [0.15, 0.2) is 0 Å². The molecule has 0 aromatic heterocycles. The molecule has 0 unspecified atom stereocenters. The molecule has 146 valence electrons. The first-order valence-corrected chi connectivity index (χ1v) is 10.6. The molecule has 0 fully saturated rings. The summed E-state index contributed by atoms with van der Waals surface area (Å²) in [6.07, 6.45) is 15.3. The first kappa shape index (κ1) is 25.7. The summed E-state index contributed by atoms with van der Waals surface area (Å²) in [6.45, 7) is 13.0. The standard InChI is InChI=1S/C12H27N.C9H18O2/c1-4-7-10-13(11-8-5-2)12-9-6-3;1-2-3-4-5-6-7-8-9(10)11/h4-12H2,1-3H3;2-8H2,1H3,(H,10,11). The Morgan fingerprint density at radius 2 is 1.00 bits per heavy atom. The second-order valence-electron chi connectivity index (χ2n) is 6.81. The highest BCUT2D eigenvalue weighted by Gasteiger charge is 2.01. The Hall–Kier alpha value is -0.570. The van der Waals surface area contributed by atoms with E-state index in [1.54, 1.807) is 0 Å². The van der Waals surface area contributed by atoms with Gasteiger partial charge in [0.05, 0.1) is 0 Å². The summed E-state index contributed by atoms with van der Waals surface area (Å²) in [5.74, 6) is -0.666. The maximum absolute atomic E-state index is 10.1. The van der Waals surface area contributed by atoms with Gasteiger partial charge in [-0.25, -0.2) is 0 Å². The molecule has 0 rings (SSSR count). The Bertz CT molecular complexity index is 225. The summed E-state index contributed by atoms with van der Waals surface area (Å²) in [6, 6.07) is 0. The number of carbonyl (C=O) groups is 1. The van der Waals surface area contributed by atoms with Crippen molar-refractivity contribution >= 4 is 5.97 Å². The maximum atomic E-state index is 10.1. The molecule has 0 saturated heterocycles. The predicted octanol–water partition coefficient (Wildman–Crippen LogP) is 6.51. The SMILES string of the molecule is CCCCCCCCC(=O)O.CCCCN(CCCC)CCCC. The molecule has 3 nitrogen and oxygen atoms in total. The Labute approximate surface area is 152 Å². The minimum absolute atomic E-state index is 0.339. The molecule has 0 amide bonds. The average Bonchev–Trinajstić information content (AvgIpc) is 2.57. The van der Waals surface area contributed by atoms with E-state index in [1.807, 2.05) is 0 Å². The Morgan fingerprint density at radius 1 is 0.625 bits per heavy atom. The fraction of sp³-hybridized carbons (Fsp3) is 0.952. The third-order valence-corrected chi connectivity index (χ3v) is 4.23. The lowest BCUT2D eigenvalue weighted by Crippen LogP contribution is -2.27. The van der Waals surface area contributed by atoms with Crippen molar-refractivity contribution in [1.29, 1.82) is 0 Å². The topological polar surface area (TPSA) is 40.5 Å².